The summed E-state index contributed by atoms with van der Waals surface area (Å²) in [5, 5.41) is 0. The Balaban J connectivity index is 3.27. The minimum atomic E-state index is -3.07. The molecule has 4 heteroatoms. The van der Waals surface area contributed by atoms with E-state index in [1.165, 1.54) is 0 Å². The van der Waals surface area contributed by atoms with Crippen LogP contribution in [0.2, 0.25) is 0 Å². The zero-order valence-corrected chi connectivity index (χ0v) is 8.79. The van der Waals surface area contributed by atoms with E-state index in [-0.39, 0.29) is 0 Å². The lowest BCUT2D eigenvalue weighted by Crippen LogP contribution is -1.99. The Bertz CT molecular complexity index is 335. The van der Waals surface area contributed by atoms with Crippen LogP contribution < -0.4 is 0 Å². The average molecular weight is 237 g/mol. The molecular weight excluding hydrogens is 228 g/mol. The number of sulfone groups is 1. The molecule has 0 aromatic heterocycles. The molecule has 62 valence electrons. The van der Waals surface area contributed by atoms with E-state index in [0.29, 0.717) is 20.7 Å². The lowest BCUT2D eigenvalue weighted by Gasteiger charge is -1.98. The van der Waals surface area contributed by atoms with E-state index < -0.39 is 9.84 Å². The molecule has 0 aromatic carbocycles. The summed E-state index contributed by atoms with van der Waals surface area (Å²) in [5.74, 6) is 0. The lowest BCUT2D eigenvalue weighted by atomic mass is 10.4. The number of halogens is 1. The number of rotatable bonds is 1. The minimum absolute atomic E-state index is 0.425. The average Bonchev–Trinajstić information content (AvgIpc) is 2.13. The Morgan fingerprint density at radius 1 is 1.55 bits per heavy atom. The van der Waals surface area contributed by atoms with Gasteiger partial charge in [0.15, 0.2) is 9.84 Å². The van der Waals surface area contributed by atoms with Crippen LogP contribution in [0.3, 0.4) is 0 Å². The largest absolute Gasteiger partial charge is 0.219 e. The summed E-state index contributed by atoms with van der Waals surface area (Å²) in [6.45, 7) is 3.45. The van der Waals surface area contributed by atoms with Gasteiger partial charge in [-0.05, 0) is 35.4 Å². The van der Waals surface area contributed by atoms with Gasteiger partial charge < -0.3 is 0 Å². The quantitative estimate of drug-likeness (QED) is 0.701. The first-order valence-electron chi connectivity index (χ1n) is 3.32. The topological polar surface area (TPSA) is 34.1 Å². The zero-order chi connectivity index (χ0) is 8.65. The van der Waals surface area contributed by atoms with E-state index in [4.69, 9.17) is 0 Å². The molecule has 0 aliphatic carbocycles. The maximum absolute atomic E-state index is 11.4. The molecule has 0 saturated heterocycles. The fourth-order valence-corrected chi connectivity index (χ4v) is 3.37. The third-order valence-electron chi connectivity index (χ3n) is 1.72. The standard InChI is InChI=1S/C7H9BrO2S/c1-3-6-4-7(8)5(2)11(6,9)10/h4H,3H2,1-2H3. The van der Waals surface area contributed by atoms with Gasteiger partial charge in [-0.25, -0.2) is 8.42 Å². The predicted molar refractivity (Wildman–Crippen MR) is 48.9 cm³/mol. The SMILES string of the molecule is CCC1=CC(Br)=C(C)S1(=O)=O. The first-order chi connectivity index (χ1) is 5.00. The van der Waals surface area contributed by atoms with Crippen molar-refractivity contribution in [2.75, 3.05) is 0 Å². The van der Waals surface area contributed by atoms with Crippen molar-refractivity contribution in [3.63, 3.8) is 0 Å². The molecule has 0 saturated carbocycles. The van der Waals surface area contributed by atoms with Crippen LogP contribution in [0.5, 0.6) is 0 Å². The maximum atomic E-state index is 11.4. The van der Waals surface area contributed by atoms with Crippen LogP contribution in [-0.2, 0) is 9.84 Å². The van der Waals surface area contributed by atoms with Gasteiger partial charge in [0.1, 0.15) is 0 Å². The van der Waals surface area contributed by atoms with Crippen molar-refractivity contribution in [3.05, 3.63) is 20.4 Å². The van der Waals surface area contributed by atoms with Crippen LogP contribution in [0, 0.1) is 0 Å². The number of hydrogen-bond acceptors (Lipinski definition) is 2. The fourth-order valence-electron chi connectivity index (χ4n) is 0.938. The van der Waals surface area contributed by atoms with Gasteiger partial charge in [0, 0.05) is 9.39 Å². The summed E-state index contributed by atoms with van der Waals surface area (Å²) in [5.41, 5.74) is 0. The van der Waals surface area contributed by atoms with E-state index in [9.17, 15) is 8.42 Å². The molecular formula is C7H9BrO2S. The summed E-state index contributed by atoms with van der Waals surface area (Å²) in [6.07, 6.45) is 2.24. The van der Waals surface area contributed by atoms with E-state index in [1.807, 2.05) is 6.92 Å². The molecule has 0 bridgehead atoms. The molecule has 0 N–H and O–H groups in total. The highest BCUT2D eigenvalue weighted by molar-refractivity contribution is 9.12. The molecule has 0 unspecified atom stereocenters. The van der Waals surface area contributed by atoms with Crippen molar-refractivity contribution in [2.45, 2.75) is 20.3 Å². The second kappa shape index (κ2) is 2.75. The smallest absolute Gasteiger partial charge is 0.199 e. The fraction of sp³-hybridized carbons (Fsp3) is 0.429. The van der Waals surface area contributed by atoms with Crippen LogP contribution in [-0.4, -0.2) is 8.42 Å². The van der Waals surface area contributed by atoms with Crippen molar-refractivity contribution in [1.82, 2.24) is 0 Å². The van der Waals surface area contributed by atoms with Crippen molar-refractivity contribution in [3.8, 4) is 0 Å². The van der Waals surface area contributed by atoms with Gasteiger partial charge in [-0.1, -0.05) is 6.92 Å². The van der Waals surface area contributed by atoms with Crippen molar-refractivity contribution in [2.24, 2.45) is 0 Å². The highest BCUT2D eigenvalue weighted by atomic mass is 79.9. The third-order valence-corrected chi connectivity index (χ3v) is 4.93. The second-order valence-electron chi connectivity index (χ2n) is 2.37. The molecule has 0 spiro atoms. The molecule has 0 fully saturated rings. The first kappa shape index (κ1) is 9.00. The Morgan fingerprint density at radius 2 is 2.09 bits per heavy atom. The third kappa shape index (κ3) is 1.29. The predicted octanol–water partition coefficient (Wildman–Crippen LogP) is 2.34. The highest BCUT2D eigenvalue weighted by Crippen LogP contribution is 2.33. The highest BCUT2D eigenvalue weighted by Gasteiger charge is 2.26. The number of allylic oxidation sites excluding steroid dienone is 4. The molecule has 1 aliphatic rings. The molecule has 1 aliphatic heterocycles. The Kier molecular flexibility index (Phi) is 2.25. The summed E-state index contributed by atoms with van der Waals surface area (Å²) >= 11 is 3.18. The van der Waals surface area contributed by atoms with E-state index in [2.05, 4.69) is 15.9 Å². The summed E-state index contributed by atoms with van der Waals surface area (Å²) in [7, 11) is -3.07. The van der Waals surface area contributed by atoms with Gasteiger partial charge in [-0.3, -0.25) is 0 Å². The van der Waals surface area contributed by atoms with Crippen LogP contribution in [0.1, 0.15) is 20.3 Å². The molecule has 1 rings (SSSR count). The molecule has 1 heterocycles. The monoisotopic (exact) mass is 236 g/mol. The van der Waals surface area contributed by atoms with Gasteiger partial charge in [0.25, 0.3) is 0 Å². The van der Waals surface area contributed by atoms with E-state index in [0.717, 1.165) is 0 Å². The number of hydrogen-bond donors (Lipinski definition) is 0. The van der Waals surface area contributed by atoms with E-state index in [1.54, 1.807) is 13.0 Å². The molecule has 2 nitrogen and oxygen atoms in total. The van der Waals surface area contributed by atoms with Gasteiger partial charge in [0.05, 0.1) is 4.91 Å². The molecule has 0 amide bonds. The van der Waals surface area contributed by atoms with Crippen LogP contribution >= 0.6 is 15.9 Å². The first-order valence-corrected chi connectivity index (χ1v) is 5.59. The Labute approximate surface area is 75.0 Å². The lowest BCUT2D eigenvalue weighted by molar-refractivity contribution is 0.607. The Morgan fingerprint density at radius 3 is 2.27 bits per heavy atom. The van der Waals surface area contributed by atoms with Gasteiger partial charge >= 0.3 is 0 Å². The second-order valence-corrected chi connectivity index (χ2v) is 5.37. The maximum Gasteiger partial charge on any atom is 0.199 e. The van der Waals surface area contributed by atoms with Crippen LogP contribution in [0.25, 0.3) is 0 Å². The van der Waals surface area contributed by atoms with Crippen molar-refractivity contribution >= 4 is 25.8 Å². The Hall–Kier alpha value is -0.0900. The van der Waals surface area contributed by atoms with Crippen LogP contribution in [0.4, 0.5) is 0 Å². The van der Waals surface area contributed by atoms with Gasteiger partial charge in [0.2, 0.25) is 0 Å². The summed E-state index contributed by atoms with van der Waals surface area (Å²) < 4.78 is 23.4. The zero-order valence-electron chi connectivity index (χ0n) is 6.39. The van der Waals surface area contributed by atoms with Gasteiger partial charge in [-0.15, -0.1) is 0 Å². The van der Waals surface area contributed by atoms with Crippen LogP contribution in [0.15, 0.2) is 20.4 Å². The summed E-state index contributed by atoms with van der Waals surface area (Å²) in [4.78, 5) is 0.927. The molecule has 0 radical (unpaired) electrons. The summed E-state index contributed by atoms with van der Waals surface area (Å²) in [6, 6.07) is 0. The van der Waals surface area contributed by atoms with Gasteiger partial charge in [-0.2, -0.15) is 0 Å². The van der Waals surface area contributed by atoms with E-state index >= 15 is 0 Å². The minimum Gasteiger partial charge on any atom is -0.219 e. The molecule has 0 atom stereocenters. The molecule has 0 aromatic rings. The van der Waals surface area contributed by atoms with Crippen molar-refractivity contribution < 1.29 is 8.42 Å². The normalized spacial score (nSPS) is 22.3. The van der Waals surface area contributed by atoms with Crippen molar-refractivity contribution in [1.29, 1.82) is 0 Å². The molecule has 11 heavy (non-hydrogen) atoms.